The van der Waals surface area contributed by atoms with E-state index < -0.39 is 5.60 Å². The Labute approximate surface area is 134 Å². The minimum absolute atomic E-state index is 0.137. The lowest BCUT2D eigenvalue weighted by Gasteiger charge is -2.36. The molecular weight excluding hydrogens is 303 g/mol. The van der Waals surface area contributed by atoms with E-state index in [1.165, 1.54) is 6.07 Å². The van der Waals surface area contributed by atoms with E-state index in [1.807, 2.05) is 0 Å². The molecular formula is C16H21FN2O2S. The number of hydrogen-bond acceptors (Lipinski definition) is 4. The number of carbonyl (C=O) groups is 1. The second-order valence-electron chi connectivity index (χ2n) is 6.02. The molecule has 22 heavy (non-hydrogen) atoms. The lowest BCUT2D eigenvalue weighted by atomic mass is 9.98. The van der Waals surface area contributed by atoms with Gasteiger partial charge in [0, 0.05) is 24.9 Å². The van der Waals surface area contributed by atoms with Gasteiger partial charge in [0.1, 0.15) is 5.82 Å². The summed E-state index contributed by atoms with van der Waals surface area (Å²) in [4.78, 5) is 14.2. The van der Waals surface area contributed by atoms with E-state index in [-0.39, 0.29) is 17.8 Å². The van der Waals surface area contributed by atoms with Crippen molar-refractivity contribution in [1.82, 2.24) is 4.90 Å². The van der Waals surface area contributed by atoms with Crippen molar-refractivity contribution in [2.24, 2.45) is 0 Å². The van der Waals surface area contributed by atoms with E-state index in [0.717, 1.165) is 18.6 Å². The van der Waals surface area contributed by atoms with Gasteiger partial charge in [0.2, 0.25) is 0 Å². The normalized spacial score (nSPS) is 26.2. The highest BCUT2D eigenvalue weighted by Crippen LogP contribution is 2.30. The van der Waals surface area contributed by atoms with Gasteiger partial charge in [-0.15, -0.1) is 0 Å². The second-order valence-corrected chi connectivity index (χ2v) is 7.13. The highest BCUT2D eigenvalue weighted by atomic mass is 32.2. The highest BCUT2D eigenvalue weighted by Gasteiger charge is 2.42. The molecule has 120 valence electrons. The Morgan fingerprint density at radius 3 is 2.73 bits per heavy atom. The van der Waals surface area contributed by atoms with Crippen LogP contribution in [0, 0.1) is 5.82 Å². The number of nitrogens with one attached hydrogen (secondary N) is 1. The van der Waals surface area contributed by atoms with E-state index in [2.05, 4.69) is 5.32 Å². The molecule has 0 saturated carbocycles. The summed E-state index contributed by atoms with van der Waals surface area (Å²) in [6, 6.07) is 6.80. The first-order valence-electron chi connectivity index (χ1n) is 7.69. The van der Waals surface area contributed by atoms with Crippen LogP contribution in [0.1, 0.15) is 19.3 Å². The SMILES string of the molecule is O=C(N1CCC(Nc2ccccc2F)CC1)C1(O)CCSC1. The van der Waals surface area contributed by atoms with Gasteiger partial charge >= 0.3 is 0 Å². The molecule has 0 radical (unpaired) electrons. The van der Waals surface area contributed by atoms with Crippen LogP contribution in [0.15, 0.2) is 24.3 Å². The molecule has 2 saturated heterocycles. The van der Waals surface area contributed by atoms with Gasteiger partial charge in [0.05, 0.1) is 5.69 Å². The van der Waals surface area contributed by atoms with Gasteiger partial charge in [0.25, 0.3) is 5.91 Å². The third kappa shape index (κ3) is 3.22. The number of hydrogen-bond donors (Lipinski definition) is 2. The fourth-order valence-corrected chi connectivity index (χ4v) is 4.27. The molecule has 1 unspecified atom stereocenters. The number of nitrogens with zero attached hydrogens (tertiary/aromatic N) is 1. The van der Waals surface area contributed by atoms with Crippen LogP contribution in [0.25, 0.3) is 0 Å². The van der Waals surface area contributed by atoms with Crippen molar-refractivity contribution < 1.29 is 14.3 Å². The molecule has 0 aliphatic carbocycles. The maximum atomic E-state index is 13.6. The molecule has 6 heteroatoms. The van der Waals surface area contributed by atoms with E-state index in [4.69, 9.17) is 0 Å². The smallest absolute Gasteiger partial charge is 0.255 e. The van der Waals surface area contributed by atoms with Crippen LogP contribution in [-0.4, -0.2) is 52.2 Å². The predicted molar refractivity (Wildman–Crippen MR) is 86.5 cm³/mol. The summed E-state index contributed by atoms with van der Waals surface area (Å²) >= 11 is 1.63. The Hall–Kier alpha value is -1.27. The first-order chi connectivity index (χ1) is 10.6. The molecule has 1 amide bonds. The largest absolute Gasteiger partial charge is 0.380 e. The average molecular weight is 324 g/mol. The second kappa shape index (κ2) is 6.46. The van der Waals surface area contributed by atoms with Gasteiger partial charge in [-0.05, 0) is 37.1 Å². The molecule has 0 spiro atoms. The summed E-state index contributed by atoms with van der Waals surface area (Å²) in [6.45, 7) is 1.22. The van der Waals surface area contributed by atoms with Crippen molar-refractivity contribution in [1.29, 1.82) is 0 Å². The lowest BCUT2D eigenvalue weighted by molar-refractivity contribution is -0.149. The van der Waals surface area contributed by atoms with E-state index in [0.29, 0.717) is 31.0 Å². The van der Waals surface area contributed by atoms with Gasteiger partial charge in [-0.3, -0.25) is 4.79 Å². The number of aliphatic hydroxyl groups is 1. The molecule has 2 fully saturated rings. The van der Waals surface area contributed by atoms with Crippen molar-refractivity contribution in [3.8, 4) is 0 Å². The van der Waals surface area contributed by atoms with Gasteiger partial charge in [-0.25, -0.2) is 4.39 Å². The third-order valence-electron chi connectivity index (χ3n) is 4.41. The Balaban J connectivity index is 1.54. The van der Waals surface area contributed by atoms with Crippen LogP contribution >= 0.6 is 11.8 Å². The number of piperidine rings is 1. The summed E-state index contributed by atoms with van der Waals surface area (Å²) in [5, 5.41) is 13.6. The number of rotatable bonds is 3. The monoisotopic (exact) mass is 324 g/mol. The molecule has 0 bridgehead atoms. The number of thioether (sulfide) groups is 1. The van der Waals surface area contributed by atoms with Gasteiger partial charge in [-0.2, -0.15) is 11.8 Å². The summed E-state index contributed by atoms with van der Waals surface area (Å²) in [7, 11) is 0. The molecule has 2 heterocycles. The summed E-state index contributed by atoms with van der Waals surface area (Å²) in [5.41, 5.74) is -0.658. The first-order valence-corrected chi connectivity index (χ1v) is 8.84. The number of anilines is 1. The zero-order valence-electron chi connectivity index (χ0n) is 12.4. The molecule has 2 N–H and O–H groups in total. The standard InChI is InChI=1S/C16H21FN2O2S/c17-13-3-1-2-4-14(13)18-12-5-8-19(9-6-12)15(20)16(21)7-10-22-11-16/h1-4,12,18,21H,5-11H2. The highest BCUT2D eigenvalue weighted by molar-refractivity contribution is 7.99. The molecule has 4 nitrogen and oxygen atoms in total. The van der Waals surface area contributed by atoms with Crippen molar-refractivity contribution in [2.75, 3.05) is 29.9 Å². The average Bonchev–Trinajstić information content (AvgIpc) is 2.98. The number of carbonyl (C=O) groups excluding carboxylic acids is 1. The van der Waals surface area contributed by atoms with Gasteiger partial charge in [0.15, 0.2) is 5.60 Å². The van der Waals surface area contributed by atoms with E-state index >= 15 is 0 Å². The number of likely N-dealkylation sites (tertiary alicyclic amines) is 1. The van der Waals surface area contributed by atoms with E-state index in [1.54, 1.807) is 34.9 Å². The minimum atomic E-state index is -1.17. The van der Waals surface area contributed by atoms with Crippen molar-refractivity contribution in [2.45, 2.75) is 30.9 Å². The topological polar surface area (TPSA) is 52.6 Å². The molecule has 2 aliphatic rings. The van der Waals surface area contributed by atoms with Gasteiger partial charge in [-0.1, -0.05) is 12.1 Å². The van der Waals surface area contributed by atoms with Crippen LogP contribution in [0.4, 0.5) is 10.1 Å². The summed E-state index contributed by atoms with van der Waals surface area (Å²) < 4.78 is 13.6. The molecule has 1 atom stereocenters. The quantitative estimate of drug-likeness (QED) is 0.894. The van der Waals surface area contributed by atoms with Crippen LogP contribution in [0.2, 0.25) is 0 Å². The van der Waals surface area contributed by atoms with Crippen LogP contribution in [0.3, 0.4) is 0 Å². The maximum Gasteiger partial charge on any atom is 0.255 e. The third-order valence-corrected chi connectivity index (χ3v) is 5.59. The summed E-state index contributed by atoms with van der Waals surface area (Å²) in [5.74, 6) is 0.951. The van der Waals surface area contributed by atoms with Crippen molar-refractivity contribution >= 4 is 23.4 Å². The first kappa shape index (κ1) is 15.6. The number of halogens is 1. The van der Waals surface area contributed by atoms with Crippen molar-refractivity contribution in [3.05, 3.63) is 30.1 Å². The lowest BCUT2D eigenvalue weighted by Crippen LogP contribution is -2.52. The molecule has 3 rings (SSSR count). The fraction of sp³-hybridized carbons (Fsp3) is 0.562. The number of amides is 1. The van der Waals surface area contributed by atoms with Crippen molar-refractivity contribution in [3.63, 3.8) is 0 Å². The van der Waals surface area contributed by atoms with Crippen LogP contribution in [-0.2, 0) is 4.79 Å². The number of para-hydroxylation sites is 1. The molecule has 0 aromatic heterocycles. The summed E-state index contributed by atoms with van der Waals surface area (Å²) in [6.07, 6.45) is 2.08. The minimum Gasteiger partial charge on any atom is -0.380 e. The zero-order valence-corrected chi connectivity index (χ0v) is 13.2. The number of benzene rings is 1. The van der Waals surface area contributed by atoms with Crippen LogP contribution < -0.4 is 5.32 Å². The molecule has 2 aliphatic heterocycles. The maximum absolute atomic E-state index is 13.6. The zero-order chi connectivity index (χ0) is 15.6. The van der Waals surface area contributed by atoms with Crippen LogP contribution in [0.5, 0.6) is 0 Å². The van der Waals surface area contributed by atoms with E-state index in [9.17, 15) is 14.3 Å². The Morgan fingerprint density at radius 2 is 2.09 bits per heavy atom. The Bertz CT molecular complexity index is 541. The van der Waals surface area contributed by atoms with Gasteiger partial charge < -0.3 is 15.3 Å². The molecule has 1 aromatic rings. The fourth-order valence-electron chi connectivity index (χ4n) is 3.04. The molecule has 1 aromatic carbocycles. The Kier molecular flexibility index (Phi) is 4.59. The Morgan fingerprint density at radius 1 is 1.36 bits per heavy atom. The predicted octanol–water partition coefficient (Wildman–Crippen LogP) is 2.10.